The van der Waals surface area contributed by atoms with Crippen molar-refractivity contribution < 1.29 is 9.53 Å². The van der Waals surface area contributed by atoms with Gasteiger partial charge in [0.1, 0.15) is 5.75 Å². The van der Waals surface area contributed by atoms with Gasteiger partial charge >= 0.3 is 0 Å². The maximum atomic E-state index is 12.2. The predicted molar refractivity (Wildman–Crippen MR) is 97.1 cm³/mol. The van der Waals surface area contributed by atoms with E-state index < -0.39 is 0 Å². The lowest BCUT2D eigenvalue weighted by atomic mass is 10.1. The van der Waals surface area contributed by atoms with Crippen LogP contribution in [0, 0.1) is 6.92 Å². The fraction of sp³-hybridized carbons (Fsp3) is 0.222. The SMILES string of the molecule is Cc1ccccc1C(=O)NC(=S)Nc1cccc(OC(C)C)c1. The lowest BCUT2D eigenvalue weighted by Gasteiger charge is -2.13. The molecule has 0 heterocycles. The average Bonchev–Trinajstić information content (AvgIpc) is 2.47. The lowest BCUT2D eigenvalue weighted by Crippen LogP contribution is -2.34. The van der Waals surface area contributed by atoms with Gasteiger partial charge in [-0.15, -0.1) is 0 Å². The molecule has 0 saturated carbocycles. The first-order chi connectivity index (χ1) is 11.0. The van der Waals surface area contributed by atoms with E-state index in [4.69, 9.17) is 17.0 Å². The van der Waals surface area contributed by atoms with Gasteiger partial charge in [0.15, 0.2) is 5.11 Å². The number of benzene rings is 2. The molecule has 0 fully saturated rings. The molecule has 0 aliphatic carbocycles. The van der Waals surface area contributed by atoms with Gasteiger partial charge < -0.3 is 10.1 Å². The van der Waals surface area contributed by atoms with Gasteiger partial charge in [0.25, 0.3) is 5.91 Å². The Morgan fingerprint density at radius 1 is 1.13 bits per heavy atom. The van der Waals surface area contributed by atoms with Crippen LogP contribution in [0.5, 0.6) is 5.75 Å². The third-order valence-electron chi connectivity index (χ3n) is 3.08. The molecule has 4 nitrogen and oxygen atoms in total. The Balaban J connectivity index is 2.00. The highest BCUT2D eigenvalue weighted by atomic mass is 32.1. The number of ether oxygens (including phenoxy) is 1. The van der Waals surface area contributed by atoms with Crippen molar-refractivity contribution in [3.63, 3.8) is 0 Å². The van der Waals surface area contributed by atoms with Gasteiger partial charge in [-0.2, -0.15) is 0 Å². The molecule has 2 rings (SSSR count). The van der Waals surface area contributed by atoms with E-state index in [2.05, 4.69) is 10.6 Å². The highest BCUT2D eigenvalue weighted by Crippen LogP contribution is 2.18. The monoisotopic (exact) mass is 328 g/mol. The van der Waals surface area contributed by atoms with E-state index in [1.54, 1.807) is 6.07 Å². The van der Waals surface area contributed by atoms with Crippen LogP contribution in [0.3, 0.4) is 0 Å². The van der Waals surface area contributed by atoms with Gasteiger partial charge in [-0.05, 0) is 56.8 Å². The Hall–Kier alpha value is -2.40. The Kier molecular flexibility index (Phi) is 5.71. The summed E-state index contributed by atoms with van der Waals surface area (Å²) in [6.45, 7) is 5.82. The summed E-state index contributed by atoms with van der Waals surface area (Å²) < 4.78 is 5.63. The van der Waals surface area contributed by atoms with Crippen LogP contribution in [0.15, 0.2) is 48.5 Å². The number of hydrogen-bond donors (Lipinski definition) is 2. The summed E-state index contributed by atoms with van der Waals surface area (Å²) in [4.78, 5) is 12.2. The van der Waals surface area contributed by atoms with Crippen molar-refractivity contribution >= 4 is 28.9 Å². The quantitative estimate of drug-likeness (QED) is 0.836. The molecule has 2 aromatic rings. The maximum absolute atomic E-state index is 12.2. The molecule has 5 heteroatoms. The van der Waals surface area contributed by atoms with Gasteiger partial charge in [0, 0.05) is 17.3 Å². The molecule has 0 aliphatic heterocycles. The largest absolute Gasteiger partial charge is 0.491 e. The van der Waals surface area contributed by atoms with Crippen LogP contribution in [-0.2, 0) is 0 Å². The van der Waals surface area contributed by atoms with Crippen LogP contribution in [0.1, 0.15) is 29.8 Å². The van der Waals surface area contributed by atoms with E-state index in [-0.39, 0.29) is 17.1 Å². The second-order valence-electron chi connectivity index (χ2n) is 5.42. The van der Waals surface area contributed by atoms with Crippen molar-refractivity contribution in [3.05, 3.63) is 59.7 Å². The van der Waals surface area contributed by atoms with Gasteiger partial charge in [0.2, 0.25) is 0 Å². The molecule has 23 heavy (non-hydrogen) atoms. The summed E-state index contributed by atoms with van der Waals surface area (Å²) >= 11 is 5.20. The number of hydrogen-bond acceptors (Lipinski definition) is 3. The molecule has 0 bridgehead atoms. The molecular formula is C18H20N2O2S. The third kappa shape index (κ3) is 5.07. The number of aryl methyl sites for hydroxylation is 1. The smallest absolute Gasteiger partial charge is 0.257 e. The van der Waals surface area contributed by atoms with E-state index in [1.165, 1.54) is 0 Å². The summed E-state index contributed by atoms with van der Waals surface area (Å²) in [5.41, 5.74) is 2.27. The first-order valence-corrected chi connectivity index (χ1v) is 7.81. The van der Waals surface area contributed by atoms with E-state index in [1.807, 2.05) is 63.2 Å². The van der Waals surface area contributed by atoms with Crippen LogP contribution < -0.4 is 15.4 Å². The molecule has 2 N–H and O–H groups in total. The molecule has 2 aromatic carbocycles. The van der Waals surface area contributed by atoms with Crippen LogP contribution in [0.2, 0.25) is 0 Å². The summed E-state index contributed by atoms with van der Waals surface area (Å²) in [5, 5.41) is 5.93. The van der Waals surface area contributed by atoms with Crippen molar-refractivity contribution in [1.29, 1.82) is 0 Å². The third-order valence-corrected chi connectivity index (χ3v) is 3.28. The van der Waals surface area contributed by atoms with Gasteiger partial charge in [-0.3, -0.25) is 10.1 Å². The number of carbonyl (C=O) groups is 1. The van der Waals surface area contributed by atoms with E-state index in [0.717, 1.165) is 17.0 Å². The Morgan fingerprint density at radius 2 is 1.87 bits per heavy atom. The number of anilines is 1. The summed E-state index contributed by atoms with van der Waals surface area (Å²) in [7, 11) is 0. The molecule has 120 valence electrons. The first-order valence-electron chi connectivity index (χ1n) is 7.40. The zero-order valence-electron chi connectivity index (χ0n) is 13.4. The minimum absolute atomic E-state index is 0.0953. The van der Waals surface area contributed by atoms with E-state index >= 15 is 0 Å². The minimum Gasteiger partial charge on any atom is -0.491 e. The number of rotatable bonds is 4. The zero-order valence-corrected chi connectivity index (χ0v) is 14.2. The highest BCUT2D eigenvalue weighted by Gasteiger charge is 2.10. The van der Waals surface area contributed by atoms with Crippen LogP contribution in [-0.4, -0.2) is 17.1 Å². The second-order valence-corrected chi connectivity index (χ2v) is 5.83. The number of thiocarbonyl (C=S) groups is 1. The van der Waals surface area contributed by atoms with E-state index in [0.29, 0.717) is 5.56 Å². The average molecular weight is 328 g/mol. The van der Waals surface area contributed by atoms with Gasteiger partial charge in [-0.1, -0.05) is 24.3 Å². The fourth-order valence-electron chi connectivity index (χ4n) is 2.08. The van der Waals surface area contributed by atoms with Crippen molar-refractivity contribution in [2.24, 2.45) is 0 Å². The second kappa shape index (κ2) is 7.74. The molecular weight excluding hydrogens is 308 g/mol. The molecule has 0 aromatic heterocycles. The minimum atomic E-state index is -0.227. The van der Waals surface area contributed by atoms with Crippen molar-refractivity contribution in [3.8, 4) is 5.75 Å². The Morgan fingerprint density at radius 3 is 2.57 bits per heavy atom. The number of amides is 1. The van der Waals surface area contributed by atoms with Crippen molar-refractivity contribution in [1.82, 2.24) is 5.32 Å². The number of nitrogens with one attached hydrogen (secondary N) is 2. The Bertz CT molecular complexity index is 714. The molecule has 0 unspecified atom stereocenters. The first kappa shape index (κ1) is 17.0. The zero-order chi connectivity index (χ0) is 16.8. The number of carbonyl (C=O) groups excluding carboxylic acids is 1. The summed E-state index contributed by atoms with van der Waals surface area (Å²) in [6.07, 6.45) is 0.0953. The summed E-state index contributed by atoms with van der Waals surface area (Å²) in [5.74, 6) is 0.521. The molecule has 0 aliphatic rings. The molecule has 1 amide bonds. The van der Waals surface area contributed by atoms with Gasteiger partial charge in [0.05, 0.1) is 6.10 Å². The molecule has 0 atom stereocenters. The van der Waals surface area contributed by atoms with Crippen molar-refractivity contribution in [2.45, 2.75) is 26.9 Å². The molecule has 0 saturated heterocycles. The Labute approximate surface area is 141 Å². The lowest BCUT2D eigenvalue weighted by molar-refractivity contribution is 0.0977. The fourth-order valence-corrected chi connectivity index (χ4v) is 2.29. The topological polar surface area (TPSA) is 50.4 Å². The maximum Gasteiger partial charge on any atom is 0.257 e. The highest BCUT2D eigenvalue weighted by molar-refractivity contribution is 7.80. The normalized spacial score (nSPS) is 10.3. The van der Waals surface area contributed by atoms with Gasteiger partial charge in [-0.25, -0.2) is 0 Å². The van der Waals surface area contributed by atoms with E-state index in [9.17, 15) is 4.79 Å². The standard InChI is InChI=1S/C18H20N2O2S/c1-12(2)22-15-9-6-8-14(11-15)19-18(23)20-17(21)16-10-5-4-7-13(16)3/h4-12H,1-3H3,(H2,19,20,21,23). The van der Waals surface area contributed by atoms with Crippen LogP contribution in [0.25, 0.3) is 0 Å². The van der Waals surface area contributed by atoms with Crippen LogP contribution in [0.4, 0.5) is 5.69 Å². The summed E-state index contributed by atoms with van der Waals surface area (Å²) in [6, 6.07) is 14.8. The molecule has 0 radical (unpaired) electrons. The molecule has 0 spiro atoms. The predicted octanol–water partition coefficient (Wildman–Crippen LogP) is 3.91. The van der Waals surface area contributed by atoms with Crippen molar-refractivity contribution in [2.75, 3.05) is 5.32 Å². The van der Waals surface area contributed by atoms with Crippen LogP contribution >= 0.6 is 12.2 Å².